The third-order valence-corrected chi connectivity index (χ3v) is 8.68. The molecule has 0 atom stereocenters. The number of allylic oxidation sites excluding steroid dienone is 4. The van der Waals surface area contributed by atoms with Gasteiger partial charge in [0.25, 0.3) is 0 Å². The van der Waals surface area contributed by atoms with E-state index in [1.54, 1.807) is 12.3 Å². The van der Waals surface area contributed by atoms with E-state index < -0.39 is 0 Å². The Morgan fingerprint density at radius 2 is 1.43 bits per heavy atom. The lowest BCUT2D eigenvalue weighted by Gasteiger charge is -2.12. The Balaban J connectivity index is 1.30. The van der Waals surface area contributed by atoms with Crippen molar-refractivity contribution in [3.05, 3.63) is 205 Å². The second-order valence-electron chi connectivity index (χ2n) is 11.8. The number of benzene rings is 6. The van der Waals surface area contributed by atoms with Crippen molar-refractivity contribution in [2.45, 2.75) is 6.54 Å². The summed E-state index contributed by atoms with van der Waals surface area (Å²) >= 11 is 0. The monoisotopic (exact) mass is 629 g/mol. The van der Waals surface area contributed by atoms with Crippen LogP contribution in [0.25, 0.3) is 49.5 Å². The van der Waals surface area contributed by atoms with Crippen LogP contribution in [0, 0.1) is 0 Å². The summed E-state index contributed by atoms with van der Waals surface area (Å²) in [6.07, 6.45) is 13.3. The van der Waals surface area contributed by atoms with E-state index in [0.29, 0.717) is 12.2 Å². The van der Waals surface area contributed by atoms with E-state index >= 15 is 0 Å². The van der Waals surface area contributed by atoms with E-state index in [4.69, 9.17) is 4.99 Å². The van der Waals surface area contributed by atoms with Crippen LogP contribution in [-0.4, -0.2) is 17.4 Å². The van der Waals surface area contributed by atoms with Gasteiger partial charge in [-0.3, -0.25) is 15.0 Å². The molecule has 234 valence electrons. The predicted molar refractivity (Wildman–Crippen MR) is 210 cm³/mol. The van der Waals surface area contributed by atoms with Gasteiger partial charge in [-0.15, -0.1) is 0 Å². The van der Waals surface area contributed by atoms with Crippen LogP contribution in [0.5, 0.6) is 0 Å². The summed E-state index contributed by atoms with van der Waals surface area (Å²) in [5.74, 6) is 0. The molecular weight excluding hydrogens is 595 g/mol. The standard InChI is InChI=1S/C46H35N3/c1-3-11-37(22-19-33-12-10-27-48-31-33)45(47-2)30-46(49-32-34-20-21-35-13-4-5-14-39(35)28-34)38-25-23-36(24-26-38)44-29-40-15-6-7-16-41(40)42-17-8-9-18-43(42)44/h3-31H,1-2,32H2/b22-19+,37-11+,45-30-,49-46+. The van der Waals surface area contributed by atoms with Crippen LogP contribution in [0.4, 0.5) is 0 Å². The maximum Gasteiger partial charge on any atom is 0.0716 e. The van der Waals surface area contributed by atoms with Crippen molar-refractivity contribution >= 4 is 50.8 Å². The summed E-state index contributed by atoms with van der Waals surface area (Å²) in [6, 6.07) is 47.0. The molecule has 0 saturated heterocycles. The molecule has 49 heavy (non-hydrogen) atoms. The van der Waals surface area contributed by atoms with E-state index in [2.05, 4.69) is 145 Å². The number of fused-ring (bicyclic) bond motifs is 4. The molecule has 1 heterocycles. The van der Waals surface area contributed by atoms with Crippen molar-refractivity contribution in [1.29, 1.82) is 0 Å². The lowest BCUT2D eigenvalue weighted by Crippen LogP contribution is -2.01. The minimum absolute atomic E-state index is 0.518. The van der Waals surface area contributed by atoms with Crippen LogP contribution >= 0.6 is 0 Å². The quantitative estimate of drug-likeness (QED) is 0.0842. The summed E-state index contributed by atoms with van der Waals surface area (Å²) in [7, 11) is 0. The van der Waals surface area contributed by atoms with Crippen molar-refractivity contribution in [2.75, 3.05) is 0 Å². The first-order chi connectivity index (χ1) is 24.2. The van der Waals surface area contributed by atoms with Crippen molar-refractivity contribution in [3.63, 3.8) is 0 Å². The average Bonchev–Trinajstić information content (AvgIpc) is 3.17. The van der Waals surface area contributed by atoms with Gasteiger partial charge in [0.1, 0.15) is 0 Å². The number of hydrogen-bond donors (Lipinski definition) is 0. The fourth-order valence-electron chi connectivity index (χ4n) is 6.21. The second kappa shape index (κ2) is 14.5. The molecule has 3 heteroatoms. The minimum Gasteiger partial charge on any atom is -0.280 e. The van der Waals surface area contributed by atoms with Gasteiger partial charge in [-0.25, -0.2) is 0 Å². The molecule has 0 fully saturated rings. The lowest BCUT2D eigenvalue weighted by atomic mass is 9.92. The molecule has 3 nitrogen and oxygen atoms in total. The predicted octanol–water partition coefficient (Wildman–Crippen LogP) is 11.6. The van der Waals surface area contributed by atoms with E-state index in [0.717, 1.165) is 33.5 Å². The molecule has 0 radical (unpaired) electrons. The van der Waals surface area contributed by atoms with Crippen LogP contribution < -0.4 is 0 Å². The lowest BCUT2D eigenvalue weighted by molar-refractivity contribution is 1.07. The molecule has 0 amide bonds. The maximum absolute atomic E-state index is 5.18. The highest BCUT2D eigenvalue weighted by atomic mass is 14.8. The zero-order valence-electron chi connectivity index (χ0n) is 27.2. The molecule has 0 unspecified atom stereocenters. The van der Waals surface area contributed by atoms with Gasteiger partial charge in [0.15, 0.2) is 0 Å². The molecule has 6 aromatic carbocycles. The first kappa shape index (κ1) is 31.2. The van der Waals surface area contributed by atoms with Gasteiger partial charge < -0.3 is 0 Å². The van der Waals surface area contributed by atoms with Crippen LogP contribution in [0.1, 0.15) is 16.7 Å². The number of aromatic nitrogens is 1. The van der Waals surface area contributed by atoms with E-state index in [-0.39, 0.29) is 0 Å². The number of nitrogens with zero attached hydrogens (tertiary/aromatic N) is 3. The smallest absolute Gasteiger partial charge is 0.0716 e. The molecule has 0 N–H and O–H groups in total. The Hall–Kier alpha value is -6.45. The zero-order valence-corrected chi connectivity index (χ0v) is 27.2. The molecule has 7 aromatic rings. The molecule has 0 bridgehead atoms. The Labute approximate surface area is 287 Å². The van der Waals surface area contributed by atoms with Crippen molar-refractivity contribution < 1.29 is 0 Å². The van der Waals surface area contributed by atoms with Crippen molar-refractivity contribution in [2.24, 2.45) is 9.98 Å². The highest BCUT2D eigenvalue weighted by Gasteiger charge is 2.11. The van der Waals surface area contributed by atoms with Gasteiger partial charge in [-0.05, 0) is 91.1 Å². The van der Waals surface area contributed by atoms with Crippen molar-refractivity contribution in [1.82, 2.24) is 4.98 Å². The topological polar surface area (TPSA) is 37.6 Å². The molecule has 0 saturated carbocycles. The molecule has 0 spiro atoms. The largest absolute Gasteiger partial charge is 0.280 e. The van der Waals surface area contributed by atoms with Crippen LogP contribution in [0.15, 0.2) is 198 Å². The van der Waals surface area contributed by atoms with Gasteiger partial charge in [0.2, 0.25) is 0 Å². The third-order valence-electron chi connectivity index (χ3n) is 8.68. The van der Waals surface area contributed by atoms with Crippen LogP contribution in [-0.2, 0) is 6.54 Å². The summed E-state index contributed by atoms with van der Waals surface area (Å²) in [5.41, 5.74) is 7.85. The molecule has 0 aliphatic carbocycles. The highest BCUT2D eigenvalue weighted by Crippen LogP contribution is 2.35. The maximum atomic E-state index is 5.18. The Morgan fingerprint density at radius 1 is 0.694 bits per heavy atom. The summed E-state index contributed by atoms with van der Waals surface area (Å²) < 4.78 is 0. The Morgan fingerprint density at radius 3 is 2.18 bits per heavy atom. The second-order valence-corrected chi connectivity index (χ2v) is 11.8. The summed E-state index contributed by atoms with van der Waals surface area (Å²) in [4.78, 5) is 13.9. The zero-order chi connectivity index (χ0) is 33.4. The Kier molecular flexibility index (Phi) is 9.25. The fourth-order valence-corrected chi connectivity index (χ4v) is 6.21. The molecule has 0 aliphatic heterocycles. The molecule has 7 rings (SSSR count). The first-order valence-electron chi connectivity index (χ1n) is 16.3. The van der Waals surface area contributed by atoms with Gasteiger partial charge in [0.05, 0.1) is 18.0 Å². The molecular formula is C46H35N3. The molecule has 1 aromatic heterocycles. The average molecular weight is 630 g/mol. The van der Waals surface area contributed by atoms with Crippen molar-refractivity contribution in [3.8, 4) is 11.1 Å². The SMILES string of the molecule is C=C/C=C(\C=C\c1cccnc1)C(=C/C(=N\Cc1ccc2ccccc2c1)c1ccc(-c2cc3ccccc3c3ccccc23)cc1)/N=C. The summed E-state index contributed by atoms with van der Waals surface area (Å²) in [5, 5.41) is 7.38. The van der Waals surface area contributed by atoms with Crippen LogP contribution in [0.2, 0.25) is 0 Å². The first-order valence-corrected chi connectivity index (χ1v) is 16.3. The fraction of sp³-hybridized carbons (Fsp3) is 0.0217. The summed E-state index contributed by atoms with van der Waals surface area (Å²) in [6.45, 7) is 8.40. The number of pyridine rings is 1. The normalized spacial score (nSPS) is 12.6. The number of rotatable bonds is 10. The van der Waals surface area contributed by atoms with Gasteiger partial charge in [-0.2, -0.15) is 0 Å². The van der Waals surface area contributed by atoms with Crippen LogP contribution in [0.3, 0.4) is 0 Å². The third kappa shape index (κ3) is 6.97. The molecule has 0 aliphatic rings. The number of aliphatic imine (C=N–C) groups is 2. The van der Waals surface area contributed by atoms with E-state index in [9.17, 15) is 0 Å². The minimum atomic E-state index is 0.518. The Bertz CT molecular complexity index is 2430. The van der Waals surface area contributed by atoms with Gasteiger partial charge in [0, 0.05) is 18.0 Å². The van der Waals surface area contributed by atoms with Gasteiger partial charge >= 0.3 is 0 Å². The highest BCUT2D eigenvalue weighted by molar-refractivity contribution is 6.14. The van der Waals surface area contributed by atoms with E-state index in [1.807, 2.05) is 42.6 Å². The number of hydrogen-bond acceptors (Lipinski definition) is 3. The van der Waals surface area contributed by atoms with E-state index in [1.165, 1.54) is 37.9 Å². The van der Waals surface area contributed by atoms with Gasteiger partial charge in [-0.1, -0.05) is 146 Å².